The zero-order chi connectivity index (χ0) is 24.5. The zero-order valence-corrected chi connectivity index (χ0v) is 21.3. The van der Waals surface area contributed by atoms with Gasteiger partial charge in [0, 0.05) is 35.9 Å². The van der Waals surface area contributed by atoms with Crippen molar-refractivity contribution in [1.82, 2.24) is 9.62 Å². The van der Waals surface area contributed by atoms with E-state index >= 15 is 0 Å². The van der Waals surface area contributed by atoms with Crippen LogP contribution in [0.25, 0.3) is 0 Å². The van der Waals surface area contributed by atoms with Crippen molar-refractivity contribution >= 4 is 21.6 Å². The lowest BCUT2D eigenvalue weighted by Crippen LogP contribution is -2.48. The van der Waals surface area contributed by atoms with E-state index in [1.165, 1.54) is 27.7 Å². The summed E-state index contributed by atoms with van der Waals surface area (Å²) < 4.78 is 25.2. The average molecular weight is 498 g/mol. The molecule has 2 fully saturated rings. The number of likely N-dealkylation sites (tertiary alicyclic amines) is 1. The maximum absolute atomic E-state index is 13.5. The van der Waals surface area contributed by atoms with E-state index in [9.17, 15) is 14.3 Å². The Bertz CT molecular complexity index is 1160. The molecule has 0 saturated carbocycles. The lowest BCUT2D eigenvalue weighted by atomic mass is 9.95. The fraction of sp³-hybridized carbons (Fsp3) is 0.615. The lowest BCUT2D eigenvalue weighted by molar-refractivity contribution is 0.0181. The molecule has 2 saturated heterocycles. The molecule has 2 atom stereocenters. The molecule has 9 heteroatoms. The van der Waals surface area contributed by atoms with Gasteiger partial charge in [-0.25, -0.2) is 13.7 Å². The summed E-state index contributed by atoms with van der Waals surface area (Å²) in [6.07, 6.45) is 13.6. The second-order valence-electron chi connectivity index (χ2n) is 10.4. The van der Waals surface area contributed by atoms with Crippen LogP contribution in [0.1, 0.15) is 67.7 Å². The second kappa shape index (κ2) is 9.92. The number of hydrogen-bond donors (Lipinski definition) is 2. The topological polar surface area (TPSA) is 107 Å². The van der Waals surface area contributed by atoms with Crippen molar-refractivity contribution in [2.24, 2.45) is 4.36 Å². The van der Waals surface area contributed by atoms with E-state index in [4.69, 9.17) is 4.74 Å². The molecule has 8 nitrogen and oxygen atoms in total. The van der Waals surface area contributed by atoms with Gasteiger partial charge in [0.2, 0.25) is 6.19 Å². The summed E-state index contributed by atoms with van der Waals surface area (Å²) in [6, 6.07) is 2.14. The molecule has 2 N–H and O–H groups in total. The van der Waals surface area contributed by atoms with Crippen LogP contribution < -0.4 is 10.0 Å². The molecule has 188 valence electrons. The van der Waals surface area contributed by atoms with Crippen LogP contribution in [0.2, 0.25) is 0 Å². The highest BCUT2D eigenvalue weighted by atomic mass is 32.2. The van der Waals surface area contributed by atoms with Gasteiger partial charge in [0.1, 0.15) is 0 Å². The van der Waals surface area contributed by atoms with E-state index in [0.29, 0.717) is 6.04 Å². The van der Waals surface area contributed by atoms with E-state index in [1.807, 2.05) is 6.08 Å². The average Bonchev–Trinajstić information content (AvgIpc) is 3.58. The van der Waals surface area contributed by atoms with Crippen molar-refractivity contribution in [2.75, 3.05) is 25.1 Å². The van der Waals surface area contributed by atoms with Gasteiger partial charge in [-0.15, -0.1) is 0 Å². The predicted octanol–water partition coefficient (Wildman–Crippen LogP) is 4.20. The quantitative estimate of drug-likeness (QED) is 0.593. The smallest absolute Gasteiger partial charge is 0.331 e. The summed E-state index contributed by atoms with van der Waals surface area (Å²) in [5.41, 5.74) is 5.60. The minimum absolute atomic E-state index is 0.297. The van der Waals surface area contributed by atoms with Gasteiger partial charge in [0.15, 0.2) is 9.92 Å². The van der Waals surface area contributed by atoms with Gasteiger partial charge in [-0.05, 0) is 99.9 Å². The monoisotopic (exact) mass is 497 g/mol. The third-order valence-electron chi connectivity index (χ3n) is 8.11. The Morgan fingerprint density at radius 1 is 1.20 bits per heavy atom. The fourth-order valence-corrected chi connectivity index (χ4v) is 7.50. The Kier molecular flexibility index (Phi) is 6.88. The number of ether oxygens (including phenoxy) is 1. The Morgan fingerprint density at radius 2 is 1.89 bits per heavy atom. The first-order chi connectivity index (χ1) is 16.9. The van der Waals surface area contributed by atoms with Crippen molar-refractivity contribution < 1.29 is 13.7 Å². The molecule has 0 spiro atoms. The van der Waals surface area contributed by atoms with Crippen LogP contribution in [0.15, 0.2) is 21.9 Å². The number of nitrogens with zero attached hydrogens (tertiary/aromatic N) is 3. The zero-order valence-electron chi connectivity index (χ0n) is 20.5. The number of aryl methyl sites for hydroxylation is 2. The minimum atomic E-state index is -3.40. The molecule has 1 aromatic rings. The largest absolute Gasteiger partial charge is 0.381 e. The predicted molar refractivity (Wildman–Crippen MR) is 136 cm³/mol. The number of hydrogen-bond acceptors (Lipinski definition) is 6. The lowest BCUT2D eigenvalue weighted by Gasteiger charge is -2.40. The third-order valence-corrected chi connectivity index (χ3v) is 9.44. The van der Waals surface area contributed by atoms with Crippen LogP contribution in [0.5, 0.6) is 0 Å². The van der Waals surface area contributed by atoms with Crippen molar-refractivity contribution in [3.8, 4) is 6.19 Å². The number of carbonyl (C=O) groups excluding carboxylic acids is 1. The van der Waals surface area contributed by atoms with E-state index in [0.717, 1.165) is 89.7 Å². The molecular weight excluding hydrogens is 462 g/mol. The van der Waals surface area contributed by atoms with Gasteiger partial charge in [0.25, 0.3) is 0 Å². The Labute approximate surface area is 208 Å². The molecule has 0 aromatic heterocycles. The molecule has 4 aliphatic rings. The molecule has 0 bridgehead atoms. The van der Waals surface area contributed by atoms with Gasteiger partial charge >= 0.3 is 6.03 Å². The van der Waals surface area contributed by atoms with Gasteiger partial charge < -0.3 is 10.1 Å². The number of fused-ring (bicyclic) bond motifs is 2. The first-order valence-electron chi connectivity index (χ1n) is 12.8. The molecule has 5 rings (SSSR count). The van der Waals surface area contributed by atoms with Gasteiger partial charge in [-0.2, -0.15) is 5.26 Å². The molecule has 1 unspecified atom stereocenters. The number of nitriles is 1. The number of amides is 2. The van der Waals surface area contributed by atoms with Gasteiger partial charge in [-0.3, -0.25) is 4.90 Å². The molecule has 0 radical (unpaired) electrons. The molecule has 2 aliphatic heterocycles. The highest BCUT2D eigenvalue weighted by Gasteiger charge is 2.39. The Morgan fingerprint density at radius 3 is 2.54 bits per heavy atom. The molecule has 1 aromatic carbocycles. The highest BCUT2D eigenvalue weighted by Crippen LogP contribution is 2.39. The van der Waals surface area contributed by atoms with Crippen molar-refractivity contribution in [2.45, 2.75) is 82.7 Å². The van der Waals surface area contributed by atoms with E-state index < -0.39 is 15.9 Å². The van der Waals surface area contributed by atoms with E-state index in [1.54, 1.807) is 6.19 Å². The van der Waals surface area contributed by atoms with Gasteiger partial charge in [0.05, 0.1) is 0 Å². The van der Waals surface area contributed by atoms with Gasteiger partial charge in [-0.1, -0.05) is 16.5 Å². The first-order valence-corrected chi connectivity index (χ1v) is 14.4. The van der Waals surface area contributed by atoms with E-state index in [2.05, 4.69) is 32.3 Å². The summed E-state index contributed by atoms with van der Waals surface area (Å²) >= 11 is 0. The van der Waals surface area contributed by atoms with Crippen molar-refractivity contribution in [1.29, 1.82) is 5.26 Å². The normalized spacial score (nSPS) is 26.2. The number of urea groups is 1. The third kappa shape index (κ3) is 4.97. The number of anilines is 1. The summed E-state index contributed by atoms with van der Waals surface area (Å²) in [5.74, 6) is 0. The summed E-state index contributed by atoms with van der Waals surface area (Å²) in [7, 11) is -3.40. The molecular formula is C26H35N5O3S. The second-order valence-corrected chi connectivity index (χ2v) is 12.1. The first kappa shape index (κ1) is 24.3. The number of carbonyl (C=O) groups is 1. The summed E-state index contributed by atoms with van der Waals surface area (Å²) in [4.78, 5) is 15.5. The summed E-state index contributed by atoms with van der Waals surface area (Å²) in [6.45, 7) is 4.63. The molecule has 2 aliphatic carbocycles. The van der Waals surface area contributed by atoms with Crippen LogP contribution in [0.3, 0.4) is 0 Å². The van der Waals surface area contributed by atoms with E-state index in [-0.39, 0.29) is 5.54 Å². The Hall–Kier alpha value is -2.41. The standard InChI is InChI=1S/C26H35N5O3S/c1-26(11-4-13-31(26)21-9-14-34-15-10-21)12-16-35(33,28-18-27)30-25(32)29-24-22-7-2-5-19(22)17-20-6-3-8-23(20)24/h12,16-17,21H,2-11,13-15H2,1H3,(H2,28,29,30,32,33)/b16-12+/t26-,35?/m0/s1. The van der Waals surface area contributed by atoms with Crippen LogP contribution in [-0.4, -0.2) is 46.5 Å². The Balaban J connectivity index is 1.35. The fourth-order valence-electron chi connectivity index (χ4n) is 6.41. The van der Waals surface area contributed by atoms with Crippen molar-refractivity contribution in [3.05, 3.63) is 39.8 Å². The SMILES string of the molecule is C[C@@]1(/C=C/S(=O)(=NC#N)NC(=O)Nc2c3c(cc4c2CCC4)CCC3)CCCN1C1CCOCC1. The minimum Gasteiger partial charge on any atom is -0.381 e. The van der Waals surface area contributed by atoms with Crippen LogP contribution in [-0.2, 0) is 40.3 Å². The van der Waals surface area contributed by atoms with Crippen LogP contribution >= 0.6 is 0 Å². The maximum Gasteiger partial charge on any atom is 0.331 e. The summed E-state index contributed by atoms with van der Waals surface area (Å²) in [5, 5.41) is 13.7. The van der Waals surface area contributed by atoms with Crippen LogP contribution in [0, 0.1) is 11.5 Å². The van der Waals surface area contributed by atoms with Crippen molar-refractivity contribution in [3.63, 3.8) is 0 Å². The maximum atomic E-state index is 13.5. The molecule has 35 heavy (non-hydrogen) atoms. The highest BCUT2D eigenvalue weighted by molar-refractivity contribution is 7.95. The number of nitrogens with one attached hydrogen (secondary N) is 2. The molecule has 2 heterocycles. The number of benzene rings is 1. The molecule has 2 amide bonds. The van der Waals surface area contributed by atoms with Crippen LogP contribution in [0.4, 0.5) is 10.5 Å². The number of rotatable bonds is 5.